The number of nitrogens with zero attached hydrogens (tertiary/aromatic N) is 5. The SMILES string of the molecule is CC(C)n1cnc2cc(-c3ccc4c(c3)N([C@H]3C[C@@H](N5CCCCC5)C3)C(=O)C43CCNCC3)nc(OC3CCOCC3)c21. The molecule has 9 heteroatoms. The molecule has 0 radical (unpaired) electrons. The topological polar surface area (TPSA) is 84.8 Å². The first-order chi connectivity index (χ1) is 21.5. The summed E-state index contributed by atoms with van der Waals surface area (Å²) in [4.78, 5) is 29.3. The van der Waals surface area contributed by atoms with Crippen molar-refractivity contribution in [2.45, 2.75) is 101 Å². The first-order valence-electron chi connectivity index (χ1n) is 17.1. The van der Waals surface area contributed by atoms with Crippen LogP contribution in [0.4, 0.5) is 5.69 Å². The maximum atomic E-state index is 14.4. The molecule has 0 atom stereocenters. The Kier molecular flexibility index (Phi) is 7.38. The van der Waals surface area contributed by atoms with Crippen molar-refractivity contribution >= 4 is 22.6 Å². The lowest BCUT2D eigenvalue weighted by Crippen LogP contribution is -2.58. The Morgan fingerprint density at radius 3 is 2.55 bits per heavy atom. The van der Waals surface area contributed by atoms with Gasteiger partial charge in [0.1, 0.15) is 11.6 Å². The highest BCUT2D eigenvalue weighted by Gasteiger charge is 2.54. The Bertz CT molecular complexity index is 1530. The predicted molar refractivity (Wildman–Crippen MR) is 171 cm³/mol. The van der Waals surface area contributed by atoms with Gasteiger partial charge in [-0.05, 0) is 96.2 Å². The maximum absolute atomic E-state index is 14.4. The second-order valence-electron chi connectivity index (χ2n) is 14.0. The molecule has 1 spiro atoms. The van der Waals surface area contributed by atoms with E-state index >= 15 is 0 Å². The van der Waals surface area contributed by atoms with Crippen LogP contribution >= 0.6 is 0 Å². The Balaban J connectivity index is 1.17. The van der Waals surface area contributed by atoms with Gasteiger partial charge < -0.3 is 29.2 Å². The number of rotatable bonds is 6. The summed E-state index contributed by atoms with van der Waals surface area (Å²) in [7, 11) is 0. The Morgan fingerprint density at radius 1 is 1.02 bits per heavy atom. The van der Waals surface area contributed by atoms with E-state index in [1.54, 1.807) is 0 Å². The molecule has 0 unspecified atom stereocenters. The second-order valence-corrected chi connectivity index (χ2v) is 14.0. The number of carbonyl (C=O) groups excluding carboxylic acids is 1. The number of aromatic nitrogens is 3. The molecular weight excluding hydrogens is 552 g/mol. The number of fused-ring (bicyclic) bond motifs is 3. The van der Waals surface area contributed by atoms with Crippen LogP contribution in [0.1, 0.15) is 83.2 Å². The molecule has 5 aliphatic rings. The summed E-state index contributed by atoms with van der Waals surface area (Å²) in [5, 5.41) is 3.50. The molecule has 0 bridgehead atoms. The van der Waals surface area contributed by atoms with Gasteiger partial charge in [0, 0.05) is 42.2 Å². The minimum absolute atomic E-state index is 0.0737. The van der Waals surface area contributed by atoms with Gasteiger partial charge in [0.2, 0.25) is 11.8 Å². The number of benzene rings is 1. The van der Waals surface area contributed by atoms with Crippen LogP contribution in [0, 0.1) is 0 Å². The monoisotopic (exact) mass is 598 g/mol. The lowest BCUT2D eigenvalue weighted by molar-refractivity contribution is -0.125. The summed E-state index contributed by atoms with van der Waals surface area (Å²) in [6.45, 7) is 9.92. The molecule has 3 saturated heterocycles. The predicted octanol–water partition coefficient (Wildman–Crippen LogP) is 5.22. The van der Waals surface area contributed by atoms with Crippen LogP contribution in [0.15, 0.2) is 30.6 Å². The number of likely N-dealkylation sites (tertiary alicyclic amines) is 1. The van der Waals surface area contributed by atoms with E-state index in [1.165, 1.54) is 37.9 Å². The number of hydrogen-bond acceptors (Lipinski definition) is 7. The van der Waals surface area contributed by atoms with Crippen LogP contribution in [-0.4, -0.2) is 82.9 Å². The molecule has 1 aliphatic carbocycles. The molecule has 1 saturated carbocycles. The zero-order chi connectivity index (χ0) is 29.8. The van der Waals surface area contributed by atoms with Crippen molar-refractivity contribution in [3.8, 4) is 17.1 Å². The maximum Gasteiger partial charge on any atom is 0.241 e. The third-order valence-electron chi connectivity index (χ3n) is 11.0. The minimum atomic E-state index is -0.417. The van der Waals surface area contributed by atoms with E-state index in [-0.39, 0.29) is 18.2 Å². The normalized spacial score (nSPS) is 26.0. The molecular formula is C35H46N6O3. The van der Waals surface area contributed by atoms with Gasteiger partial charge in [-0.3, -0.25) is 4.79 Å². The van der Waals surface area contributed by atoms with Crippen molar-refractivity contribution < 1.29 is 14.3 Å². The first-order valence-corrected chi connectivity index (χ1v) is 17.1. The van der Waals surface area contributed by atoms with Crippen molar-refractivity contribution in [2.24, 2.45) is 0 Å². The summed E-state index contributed by atoms with van der Waals surface area (Å²) < 4.78 is 14.4. The second kappa shape index (κ2) is 11.4. The zero-order valence-corrected chi connectivity index (χ0v) is 26.3. The summed E-state index contributed by atoms with van der Waals surface area (Å²) in [6, 6.07) is 9.83. The molecule has 6 heterocycles. The summed E-state index contributed by atoms with van der Waals surface area (Å²) in [6.07, 6.45) is 11.5. The molecule has 2 aromatic heterocycles. The lowest BCUT2D eigenvalue weighted by atomic mass is 9.74. The number of piperidine rings is 2. The van der Waals surface area contributed by atoms with Crippen LogP contribution in [0.5, 0.6) is 5.88 Å². The molecule has 1 aromatic carbocycles. The number of imidazole rings is 1. The largest absolute Gasteiger partial charge is 0.473 e. The van der Waals surface area contributed by atoms with E-state index < -0.39 is 5.41 Å². The quantitative estimate of drug-likeness (QED) is 0.417. The fourth-order valence-electron chi connectivity index (χ4n) is 8.40. The zero-order valence-electron chi connectivity index (χ0n) is 26.3. The Morgan fingerprint density at radius 2 is 1.80 bits per heavy atom. The van der Waals surface area contributed by atoms with E-state index in [0.29, 0.717) is 31.0 Å². The first kappa shape index (κ1) is 28.5. The molecule has 4 aliphatic heterocycles. The van der Waals surface area contributed by atoms with Crippen molar-refractivity contribution in [3.05, 3.63) is 36.2 Å². The molecule has 3 aromatic rings. The van der Waals surface area contributed by atoms with Crippen LogP contribution < -0.4 is 15.0 Å². The molecule has 44 heavy (non-hydrogen) atoms. The highest BCUT2D eigenvalue weighted by Crippen LogP contribution is 2.51. The van der Waals surface area contributed by atoms with Crippen molar-refractivity contribution in [1.82, 2.24) is 24.8 Å². The van der Waals surface area contributed by atoms with Gasteiger partial charge in [-0.15, -0.1) is 0 Å². The summed E-state index contributed by atoms with van der Waals surface area (Å²) in [5.41, 5.74) is 5.57. The lowest BCUT2D eigenvalue weighted by Gasteiger charge is -2.48. The van der Waals surface area contributed by atoms with Crippen molar-refractivity contribution in [3.63, 3.8) is 0 Å². The number of ether oxygens (including phenoxy) is 2. The number of amides is 1. The number of anilines is 1. The van der Waals surface area contributed by atoms with E-state index in [9.17, 15) is 4.79 Å². The van der Waals surface area contributed by atoms with Gasteiger partial charge in [0.05, 0.1) is 36.2 Å². The fourth-order valence-corrected chi connectivity index (χ4v) is 8.40. The van der Waals surface area contributed by atoms with Crippen LogP contribution in [0.3, 0.4) is 0 Å². The smallest absolute Gasteiger partial charge is 0.241 e. The minimum Gasteiger partial charge on any atom is -0.473 e. The molecule has 1 N–H and O–H groups in total. The van der Waals surface area contributed by atoms with Crippen LogP contribution in [0.2, 0.25) is 0 Å². The van der Waals surface area contributed by atoms with E-state index in [0.717, 1.165) is 79.6 Å². The third-order valence-corrected chi connectivity index (χ3v) is 11.0. The van der Waals surface area contributed by atoms with Gasteiger partial charge in [0.25, 0.3) is 0 Å². The summed E-state index contributed by atoms with van der Waals surface area (Å²) >= 11 is 0. The number of nitrogens with one attached hydrogen (secondary N) is 1. The van der Waals surface area contributed by atoms with Crippen molar-refractivity contribution in [2.75, 3.05) is 44.3 Å². The van der Waals surface area contributed by atoms with Crippen LogP contribution in [0.25, 0.3) is 22.3 Å². The fraction of sp³-hybridized carbons (Fsp3) is 0.629. The third kappa shape index (κ3) is 4.74. The highest BCUT2D eigenvalue weighted by molar-refractivity contribution is 6.09. The number of pyridine rings is 1. The molecule has 1 amide bonds. The molecule has 9 nitrogen and oxygen atoms in total. The average Bonchev–Trinajstić information content (AvgIpc) is 3.56. The van der Waals surface area contributed by atoms with Gasteiger partial charge >= 0.3 is 0 Å². The number of carbonyl (C=O) groups is 1. The van der Waals surface area contributed by atoms with E-state index in [2.05, 4.69) is 57.8 Å². The highest BCUT2D eigenvalue weighted by atomic mass is 16.5. The van der Waals surface area contributed by atoms with Gasteiger partial charge in [-0.25, -0.2) is 9.97 Å². The van der Waals surface area contributed by atoms with Crippen molar-refractivity contribution in [1.29, 1.82) is 0 Å². The Hall–Kier alpha value is -3.01. The van der Waals surface area contributed by atoms with Gasteiger partial charge in [-0.2, -0.15) is 0 Å². The van der Waals surface area contributed by atoms with Gasteiger partial charge in [0.15, 0.2) is 0 Å². The molecule has 8 rings (SSSR count). The molecule has 234 valence electrons. The van der Waals surface area contributed by atoms with Gasteiger partial charge in [-0.1, -0.05) is 18.6 Å². The number of hydrogen-bond donors (Lipinski definition) is 1. The standard InChI is InChI=1S/C35H46N6O3/c1-23(2)40-22-37-30-21-29(38-33(32(30)40)44-27-8-16-43-17-9-27)24-6-7-28-31(18-24)41(34(42)35(28)10-12-36-13-11-35)26-19-25(20-26)39-14-4-3-5-15-39/h6-7,18,21-23,25-27,36H,3-5,8-17,19-20H2,1-2H3/t25-,26+. The summed E-state index contributed by atoms with van der Waals surface area (Å²) in [5.74, 6) is 0.957. The Labute approximate surface area is 260 Å². The van der Waals surface area contributed by atoms with E-state index in [4.69, 9.17) is 19.4 Å². The molecule has 4 fully saturated rings. The van der Waals surface area contributed by atoms with Crippen LogP contribution in [-0.2, 0) is 14.9 Å². The average molecular weight is 599 g/mol. The van der Waals surface area contributed by atoms with E-state index in [1.807, 2.05) is 6.33 Å².